The maximum atomic E-state index is 14.1. The summed E-state index contributed by atoms with van der Waals surface area (Å²) in [5.41, 5.74) is 1.01. The zero-order valence-electron chi connectivity index (χ0n) is 16.7. The third-order valence-corrected chi connectivity index (χ3v) is 8.42. The average Bonchev–Trinajstić information content (AvgIpc) is 3.44. The minimum absolute atomic E-state index is 0.0148. The first-order valence-electron chi connectivity index (χ1n) is 11.2. The highest BCUT2D eigenvalue weighted by molar-refractivity contribution is 6.09. The Kier molecular flexibility index (Phi) is 3.88. The number of aliphatic hydroxyl groups is 1. The molecule has 0 radical (unpaired) electrons. The van der Waals surface area contributed by atoms with E-state index in [4.69, 9.17) is 0 Å². The largest absolute Gasteiger partial charge is 0.396 e. The Balaban J connectivity index is 1.42. The number of aliphatic hydroxyl groups excluding tert-OH is 1. The maximum absolute atomic E-state index is 14.1. The number of para-hydroxylation sites is 1. The number of rotatable bonds is 2. The Morgan fingerprint density at radius 1 is 1.10 bits per heavy atom. The summed E-state index contributed by atoms with van der Waals surface area (Å²) >= 11 is 0. The summed E-state index contributed by atoms with van der Waals surface area (Å²) in [5.74, 6) is 0.159. The van der Waals surface area contributed by atoms with E-state index in [9.17, 15) is 14.7 Å². The third-order valence-electron chi connectivity index (χ3n) is 8.42. The minimum atomic E-state index is -0.845. The Morgan fingerprint density at radius 2 is 1.86 bits per heavy atom. The van der Waals surface area contributed by atoms with Crippen LogP contribution in [0, 0.1) is 11.8 Å². The Bertz CT molecular complexity index is 859. The van der Waals surface area contributed by atoms with E-state index in [1.807, 2.05) is 24.3 Å². The van der Waals surface area contributed by atoms with Crippen LogP contribution in [0.1, 0.15) is 50.5 Å². The molecule has 4 saturated heterocycles. The predicted octanol–water partition coefficient (Wildman–Crippen LogP) is 2.08. The molecule has 6 nitrogen and oxygen atoms in total. The fourth-order valence-electron chi connectivity index (χ4n) is 7.34. The lowest BCUT2D eigenvalue weighted by atomic mass is 9.77. The molecule has 1 spiro atoms. The molecule has 5 aliphatic heterocycles. The standard InChI is InChI=1S/C23H29N3O3/c27-13-14-10-16-7-8-17(11-14)26(16)21(28)19-12-15-4-3-9-25(15)23(19)18-5-1-2-6-20(18)24-22(23)29/h1-2,5-6,14-17,19,27H,3-4,7-13H2,(H,24,29)/t14?,15-,16-,17+,19-,23+/m1/s1. The van der Waals surface area contributed by atoms with Crippen molar-refractivity contribution in [3.8, 4) is 0 Å². The van der Waals surface area contributed by atoms with Gasteiger partial charge in [-0.15, -0.1) is 0 Å². The summed E-state index contributed by atoms with van der Waals surface area (Å²) in [7, 11) is 0. The van der Waals surface area contributed by atoms with Gasteiger partial charge in [0, 0.05) is 36.0 Å². The van der Waals surface area contributed by atoms with Gasteiger partial charge in [-0.2, -0.15) is 0 Å². The first-order chi connectivity index (χ1) is 14.1. The summed E-state index contributed by atoms with van der Waals surface area (Å²) in [4.78, 5) is 32.1. The van der Waals surface area contributed by atoms with Gasteiger partial charge in [-0.05, 0) is 63.5 Å². The fraction of sp³-hybridized carbons (Fsp3) is 0.652. The van der Waals surface area contributed by atoms with Crippen molar-refractivity contribution >= 4 is 17.5 Å². The monoisotopic (exact) mass is 395 g/mol. The molecular weight excluding hydrogens is 366 g/mol. The van der Waals surface area contributed by atoms with Gasteiger partial charge in [0.15, 0.2) is 0 Å². The van der Waals surface area contributed by atoms with Crippen molar-refractivity contribution in [2.45, 2.75) is 68.6 Å². The van der Waals surface area contributed by atoms with Gasteiger partial charge in [0.1, 0.15) is 5.54 Å². The SMILES string of the molecule is O=C([C@H]1C[C@H]2CCCN2[C@]12C(=O)Nc1ccccc12)N1[C@@H]2CC[C@H]1CC(CO)C2. The van der Waals surface area contributed by atoms with Crippen LogP contribution in [-0.2, 0) is 15.1 Å². The molecular formula is C23H29N3O3. The van der Waals surface area contributed by atoms with Crippen LogP contribution in [0.5, 0.6) is 0 Å². The summed E-state index contributed by atoms with van der Waals surface area (Å²) in [6.45, 7) is 1.10. The van der Waals surface area contributed by atoms with E-state index in [1.54, 1.807) is 0 Å². The van der Waals surface area contributed by atoms with Crippen LogP contribution in [0.25, 0.3) is 0 Å². The molecule has 1 aromatic carbocycles. The molecule has 2 amide bonds. The molecule has 6 atom stereocenters. The molecule has 6 heteroatoms. The van der Waals surface area contributed by atoms with Crippen LogP contribution in [-0.4, -0.2) is 58.0 Å². The number of amides is 2. The first kappa shape index (κ1) is 17.9. The Morgan fingerprint density at radius 3 is 2.62 bits per heavy atom. The quantitative estimate of drug-likeness (QED) is 0.804. The zero-order chi connectivity index (χ0) is 19.8. The molecule has 1 aromatic rings. The Hall–Kier alpha value is -1.92. The van der Waals surface area contributed by atoms with Gasteiger partial charge in [0.05, 0.1) is 5.92 Å². The van der Waals surface area contributed by atoms with E-state index in [0.717, 1.165) is 62.7 Å². The molecule has 154 valence electrons. The number of nitrogens with zero attached hydrogens (tertiary/aromatic N) is 2. The fourth-order valence-corrected chi connectivity index (χ4v) is 7.34. The van der Waals surface area contributed by atoms with Crippen LogP contribution in [0.15, 0.2) is 24.3 Å². The van der Waals surface area contributed by atoms with E-state index in [-0.39, 0.29) is 36.4 Å². The van der Waals surface area contributed by atoms with Crippen LogP contribution in [0.4, 0.5) is 5.69 Å². The molecule has 0 aliphatic carbocycles. The van der Waals surface area contributed by atoms with E-state index < -0.39 is 5.54 Å². The summed E-state index contributed by atoms with van der Waals surface area (Å²) in [5, 5.41) is 12.7. The third kappa shape index (κ3) is 2.24. The number of nitrogens with one attached hydrogen (secondary N) is 1. The van der Waals surface area contributed by atoms with E-state index in [2.05, 4.69) is 15.1 Å². The Labute approximate surface area is 171 Å². The lowest BCUT2D eigenvalue weighted by molar-refractivity contribution is -0.148. The van der Waals surface area contributed by atoms with Gasteiger partial charge in [0.25, 0.3) is 0 Å². The second-order valence-electron chi connectivity index (χ2n) is 9.69. The highest BCUT2D eigenvalue weighted by Crippen LogP contribution is 2.56. The lowest BCUT2D eigenvalue weighted by Gasteiger charge is -2.43. The number of anilines is 1. The maximum Gasteiger partial charge on any atom is 0.250 e. The lowest BCUT2D eigenvalue weighted by Crippen LogP contribution is -2.57. The van der Waals surface area contributed by atoms with Crippen LogP contribution < -0.4 is 5.32 Å². The second kappa shape index (κ2) is 6.29. The van der Waals surface area contributed by atoms with E-state index in [1.165, 1.54) is 0 Å². The van der Waals surface area contributed by atoms with Crippen molar-refractivity contribution in [1.82, 2.24) is 9.80 Å². The van der Waals surface area contributed by atoms with E-state index >= 15 is 0 Å². The first-order valence-corrected chi connectivity index (χ1v) is 11.2. The van der Waals surface area contributed by atoms with Crippen molar-refractivity contribution in [3.05, 3.63) is 29.8 Å². The molecule has 5 aliphatic rings. The molecule has 1 unspecified atom stereocenters. The van der Waals surface area contributed by atoms with Crippen molar-refractivity contribution in [2.75, 3.05) is 18.5 Å². The molecule has 29 heavy (non-hydrogen) atoms. The topological polar surface area (TPSA) is 72.9 Å². The second-order valence-corrected chi connectivity index (χ2v) is 9.69. The van der Waals surface area contributed by atoms with Crippen molar-refractivity contribution in [3.63, 3.8) is 0 Å². The molecule has 6 rings (SSSR count). The highest BCUT2D eigenvalue weighted by Gasteiger charge is 2.66. The molecule has 5 heterocycles. The smallest absolute Gasteiger partial charge is 0.250 e. The average molecular weight is 396 g/mol. The number of piperidine rings is 1. The predicted molar refractivity (Wildman–Crippen MR) is 108 cm³/mol. The van der Waals surface area contributed by atoms with Crippen LogP contribution in [0.2, 0.25) is 0 Å². The number of carbonyl (C=O) groups is 2. The summed E-state index contributed by atoms with van der Waals surface area (Å²) in [6.07, 6.45) is 6.80. The number of hydrogen-bond donors (Lipinski definition) is 2. The minimum Gasteiger partial charge on any atom is -0.396 e. The molecule has 2 bridgehead atoms. The van der Waals surface area contributed by atoms with Crippen LogP contribution >= 0.6 is 0 Å². The van der Waals surface area contributed by atoms with Crippen LogP contribution in [0.3, 0.4) is 0 Å². The number of hydrogen-bond acceptors (Lipinski definition) is 4. The molecule has 2 N–H and O–H groups in total. The van der Waals surface area contributed by atoms with Crippen molar-refractivity contribution < 1.29 is 14.7 Å². The highest BCUT2D eigenvalue weighted by atomic mass is 16.3. The van der Waals surface area contributed by atoms with Crippen molar-refractivity contribution in [1.29, 1.82) is 0 Å². The van der Waals surface area contributed by atoms with Gasteiger partial charge in [0.2, 0.25) is 11.8 Å². The normalized spacial score (nSPS) is 40.4. The van der Waals surface area contributed by atoms with Crippen molar-refractivity contribution in [2.24, 2.45) is 11.8 Å². The molecule has 0 aromatic heterocycles. The molecule has 0 saturated carbocycles. The van der Waals surface area contributed by atoms with Gasteiger partial charge in [-0.25, -0.2) is 0 Å². The molecule has 4 fully saturated rings. The summed E-state index contributed by atoms with van der Waals surface area (Å²) in [6, 6.07) is 8.71. The van der Waals surface area contributed by atoms with Gasteiger partial charge in [-0.1, -0.05) is 18.2 Å². The van der Waals surface area contributed by atoms with Gasteiger partial charge < -0.3 is 15.3 Å². The van der Waals surface area contributed by atoms with Gasteiger partial charge in [-0.3, -0.25) is 14.5 Å². The number of benzene rings is 1. The van der Waals surface area contributed by atoms with E-state index in [0.29, 0.717) is 12.0 Å². The number of fused-ring (bicyclic) bond motifs is 6. The van der Waals surface area contributed by atoms with Gasteiger partial charge >= 0.3 is 0 Å². The zero-order valence-corrected chi connectivity index (χ0v) is 16.7. The number of carbonyl (C=O) groups excluding carboxylic acids is 2. The summed E-state index contributed by atoms with van der Waals surface area (Å²) < 4.78 is 0.